The molecule has 0 spiro atoms. The molecule has 0 atom stereocenters. The van der Waals surface area contributed by atoms with E-state index in [1.54, 1.807) is 6.92 Å². The van der Waals surface area contributed by atoms with Crippen molar-refractivity contribution in [3.05, 3.63) is 55.1 Å². The van der Waals surface area contributed by atoms with Crippen LogP contribution in [0.3, 0.4) is 0 Å². The van der Waals surface area contributed by atoms with Gasteiger partial charge in [-0.05, 0) is 31.0 Å². The molecule has 3 N–H and O–H groups in total. The molecule has 140 valence electrons. The molecule has 0 radical (unpaired) electrons. The molecule has 0 aliphatic heterocycles. The van der Waals surface area contributed by atoms with Crippen molar-refractivity contribution >= 4 is 33.3 Å². The van der Waals surface area contributed by atoms with Crippen LogP contribution in [-0.2, 0) is 17.8 Å². The standard InChI is InChI=1S/C18H23BrN4O3/c1-3-5-10-23-16(20)15(17(25)21-18(23)26)22(4-2)14(24)11-12-6-8-13(19)9-7-12/h6-9H,3-5,10-11,20H2,1-2H3,(H,21,25,26). The smallest absolute Gasteiger partial charge is 0.330 e. The second-order valence-corrected chi connectivity index (χ2v) is 6.86. The van der Waals surface area contributed by atoms with E-state index in [2.05, 4.69) is 20.9 Å². The third kappa shape index (κ3) is 4.43. The Morgan fingerprint density at radius 3 is 2.46 bits per heavy atom. The molecule has 7 nitrogen and oxygen atoms in total. The number of hydrogen-bond acceptors (Lipinski definition) is 4. The number of halogens is 1. The molecule has 1 heterocycles. The van der Waals surface area contributed by atoms with Gasteiger partial charge in [0, 0.05) is 17.6 Å². The van der Waals surface area contributed by atoms with E-state index < -0.39 is 11.2 Å². The first-order valence-electron chi connectivity index (χ1n) is 8.56. The lowest BCUT2D eigenvalue weighted by Gasteiger charge is -2.23. The second kappa shape index (κ2) is 8.84. The van der Waals surface area contributed by atoms with Gasteiger partial charge in [0.05, 0.1) is 6.42 Å². The number of unbranched alkanes of at least 4 members (excludes halogenated alkanes) is 1. The number of hydrogen-bond donors (Lipinski definition) is 2. The lowest BCUT2D eigenvalue weighted by atomic mass is 10.1. The molecular formula is C18H23BrN4O3. The van der Waals surface area contributed by atoms with Crippen LogP contribution in [0.15, 0.2) is 38.3 Å². The average Bonchev–Trinajstić information content (AvgIpc) is 2.60. The maximum Gasteiger partial charge on any atom is 0.330 e. The first-order valence-corrected chi connectivity index (χ1v) is 9.35. The van der Waals surface area contributed by atoms with Crippen LogP contribution in [0.2, 0.25) is 0 Å². The molecule has 2 rings (SSSR count). The number of nitrogens with one attached hydrogen (secondary N) is 1. The Balaban J connectivity index is 2.39. The van der Waals surface area contributed by atoms with Gasteiger partial charge < -0.3 is 10.6 Å². The molecule has 0 fully saturated rings. The van der Waals surface area contributed by atoms with Gasteiger partial charge in [0.15, 0.2) is 5.69 Å². The average molecular weight is 423 g/mol. The van der Waals surface area contributed by atoms with E-state index in [9.17, 15) is 14.4 Å². The summed E-state index contributed by atoms with van der Waals surface area (Å²) in [6.45, 7) is 4.42. The van der Waals surface area contributed by atoms with Crippen LogP contribution in [-0.4, -0.2) is 22.0 Å². The number of likely N-dealkylation sites (N-methyl/N-ethyl adjacent to an activating group) is 1. The van der Waals surface area contributed by atoms with Gasteiger partial charge in [-0.2, -0.15) is 0 Å². The normalized spacial score (nSPS) is 10.7. The summed E-state index contributed by atoms with van der Waals surface area (Å²) in [6, 6.07) is 7.38. The van der Waals surface area contributed by atoms with Crippen LogP contribution in [0.25, 0.3) is 0 Å². The summed E-state index contributed by atoms with van der Waals surface area (Å²) in [5.41, 5.74) is 5.75. The molecule has 0 saturated heterocycles. The van der Waals surface area contributed by atoms with E-state index in [0.29, 0.717) is 6.54 Å². The Kier molecular flexibility index (Phi) is 6.79. The molecule has 26 heavy (non-hydrogen) atoms. The first-order chi connectivity index (χ1) is 12.4. The fourth-order valence-corrected chi connectivity index (χ4v) is 2.97. The van der Waals surface area contributed by atoms with E-state index in [1.807, 2.05) is 31.2 Å². The fourth-order valence-electron chi connectivity index (χ4n) is 2.71. The van der Waals surface area contributed by atoms with Crippen LogP contribution in [0.5, 0.6) is 0 Å². The zero-order valence-electron chi connectivity index (χ0n) is 14.9. The molecule has 0 aliphatic carbocycles. The molecule has 0 unspecified atom stereocenters. The highest BCUT2D eigenvalue weighted by atomic mass is 79.9. The second-order valence-electron chi connectivity index (χ2n) is 5.94. The number of aromatic nitrogens is 2. The molecular weight excluding hydrogens is 400 g/mol. The quantitative estimate of drug-likeness (QED) is 0.714. The molecule has 8 heteroatoms. The number of nitrogens with zero attached hydrogens (tertiary/aromatic N) is 2. The SMILES string of the molecule is CCCCn1c(N)c(N(CC)C(=O)Cc2ccc(Br)cc2)c(=O)[nH]c1=O. The minimum Gasteiger partial charge on any atom is -0.383 e. The van der Waals surface area contributed by atoms with Crippen LogP contribution < -0.4 is 21.9 Å². The monoisotopic (exact) mass is 422 g/mol. The van der Waals surface area contributed by atoms with Crippen molar-refractivity contribution in [3.8, 4) is 0 Å². The summed E-state index contributed by atoms with van der Waals surface area (Å²) in [5.74, 6) is -0.231. The van der Waals surface area contributed by atoms with Crippen LogP contribution >= 0.6 is 15.9 Å². The van der Waals surface area contributed by atoms with E-state index in [4.69, 9.17) is 5.73 Å². The molecule has 0 saturated carbocycles. The van der Waals surface area contributed by atoms with Gasteiger partial charge >= 0.3 is 5.69 Å². The Bertz CT molecular complexity index is 887. The predicted octanol–water partition coefficient (Wildman–Crippen LogP) is 2.28. The number of H-pyrrole nitrogens is 1. The highest BCUT2D eigenvalue weighted by Gasteiger charge is 2.23. The molecule has 1 amide bonds. The number of aromatic amines is 1. The topological polar surface area (TPSA) is 101 Å². The van der Waals surface area contributed by atoms with Crippen molar-refractivity contribution < 1.29 is 4.79 Å². The summed E-state index contributed by atoms with van der Waals surface area (Å²) in [4.78, 5) is 40.7. The number of carbonyl (C=O) groups excluding carboxylic acids is 1. The van der Waals surface area contributed by atoms with E-state index in [0.717, 1.165) is 22.9 Å². The summed E-state index contributed by atoms with van der Waals surface area (Å²) in [5, 5.41) is 0. The van der Waals surface area contributed by atoms with E-state index in [1.165, 1.54) is 9.47 Å². The number of carbonyl (C=O) groups is 1. The highest BCUT2D eigenvalue weighted by molar-refractivity contribution is 9.10. The maximum atomic E-state index is 12.8. The Morgan fingerprint density at radius 1 is 1.23 bits per heavy atom. The third-order valence-electron chi connectivity index (χ3n) is 4.11. The maximum absolute atomic E-state index is 12.8. The van der Waals surface area contributed by atoms with Gasteiger partial charge in [-0.1, -0.05) is 41.4 Å². The predicted molar refractivity (Wildman–Crippen MR) is 107 cm³/mol. The minimum absolute atomic E-state index is 0.0261. The number of anilines is 2. The van der Waals surface area contributed by atoms with Gasteiger partial charge in [-0.15, -0.1) is 0 Å². The van der Waals surface area contributed by atoms with Crippen LogP contribution in [0.1, 0.15) is 32.3 Å². The molecule has 0 aliphatic rings. The molecule has 1 aromatic heterocycles. The van der Waals surface area contributed by atoms with Crippen LogP contribution in [0.4, 0.5) is 11.5 Å². The lowest BCUT2D eigenvalue weighted by molar-refractivity contribution is -0.117. The van der Waals surface area contributed by atoms with E-state index in [-0.39, 0.29) is 30.4 Å². The third-order valence-corrected chi connectivity index (χ3v) is 4.63. The van der Waals surface area contributed by atoms with E-state index >= 15 is 0 Å². The Hall–Kier alpha value is -2.35. The number of nitrogens with two attached hydrogens (primary N) is 1. The summed E-state index contributed by atoms with van der Waals surface area (Å²) in [6.07, 6.45) is 1.75. The van der Waals surface area contributed by atoms with Gasteiger partial charge in [-0.3, -0.25) is 19.1 Å². The number of nitrogen functional groups attached to an aromatic ring is 1. The minimum atomic E-state index is -0.647. The largest absolute Gasteiger partial charge is 0.383 e. The Labute approximate surface area is 160 Å². The van der Waals surface area contributed by atoms with Gasteiger partial charge in [0.2, 0.25) is 5.91 Å². The van der Waals surface area contributed by atoms with Crippen molar-refractivity contribution in [2.45, 2.75) is 39.7 Å². The van der Waals surface area contributed by atoms with Gasteiger partial charge in [0.1, 0.15) is 5.82 Å². The summed E-state index contributed by atoms with van der Waals surface area (Å²) < 4.78 is 2.24. The molecule has 2 aromatic rings. The molecule has 0 bridgehead atoms. The van der Waals surface area contributed by atoms with Crippen molar-refractivity contribution in [1.82, 2.24) is 9.55 Å². The summed E-state index contributed by atoms with van der Waals surface area (Å²) in [7, 11) is 0. The van der Waals surface area contributed by atoms with Gasteiger partial charge in [-0.25, -0.2) is 4.79 Å². The van der Waals surface area contributed by atoms with Crippen molar-refractivity contribution in [3.63, 3.8) is 0 Å². The first kappa shape index (κ1) is 20.0. The highest BCUT2D eigenvalue weighted by Crippen LogP contribution is 2.19. The van der Waals surface area contributed by atoms with Crippen molar-refractivity contribution in [2.24, 2.45) is 0 Å². The molecule has 1 aromatic carbocycles. The van der Waals surface area contributed by atoms with Crippen molar-refractivity contribution in [2.75, 3.05) is 17.2 Å². The summed E-state index contributed by atoms with van der Waals surface area (Å²) >= 11 is 3.36. The van der Waals surface area contributed by atoms with Crippen molar-refractivity contribution in [1.29, 1.82) is 0 Å². The van der Waals surface area contributed by atoms with Gasteiger partial charge in [0.25, 0.3) is 5.56 Å². The lowest BCUT2D eigenvalue weighted by Crippen LogP contribution is -2.41. The van der Waals surface area contributed by atoms with Crippen LogP contribution in [0, 0.1) is 0 Å². The Morgan fingerprint density at radius 2 is 1.88 bits per heavy atom. The number of amides is 1. The zero-order valence-corrected chi connectivity index (χ0v) is 16.5. The fraction of sp³-hybridized carbons (Fsp3) is 0.389. The zero-order chi connectivity index (χ0) is 19.3. The number of rotatable bonds is 7. The number of benzene rings is 1.